The SMILES string of the molecule is FC(F)(F)c1cnc(Nc2ccc(C3CCCC3)cc2)nc1Nc1ccccc1OC1CCCCC1. The van der Waals surface area contributed by atoms with Crippen LogP contribution in [0.3, 0.4) is 0 Å². The Bertz CT molecular complexity index is 1150. The molecule has 8 heteroatoms. The molecule has 1 heterocycles. The van der Waals surface area contributed by atoms with Crippen LogP contribution in [-0.4, -0.2) is 16.1 Å². The topological polar surface area (TPSA) is 59.1 Å². The first-order valence-corrected chi connectivity index (χ1v) is 12.8. The van der Waals surface area contributed by atoms with E-state index in [2.05, 4.69) is 32.7 Å². The second kappa shape index (κ2) is 10.8. The second-order valence-corrected chi connectivity index (χ2v) is 9.68. The molecule has 2 aromatic carbocycles. The summed E-state index contributed by atoms with van der Waals surface area (Å²) in [4.78, 5) is 8.15. The van der Waals surface area contributed by atoms with Gasteiger partial charge in [0.15, 0.2) is 0 Å². The van der Waals surface area contributed by atoms with Gasteiger partial charge in [-0.15, -0.1) is 0 Å². The number of benzene rings is 2. The summed E-state index contributed by atoms with van der Waals surface area (Å²) in [5.41, 5.74) is 1.53. The number of ether oxygens (including phenoxy) is 1. The number of halogens is 3. The lowest BCUT2D eigenvalue weighted by Gasteiger charge is -2.24. The van der Waals surface area contributed by atoms with Gasteiger partial charge in [0.25, 0.3) is 0 Å². The molecule has 5 rings (SSSR count). The first-order chi connectivity index (χ1) is 17.5. The molecule has 190 valence electrons. The quantitative estimate of drug-likeness (QED) is 0.344. The lowest BCUT2D eigenvalue weighted by atomic mass is 9.98. The molecule has 36 heavy (non-hydrogen) atoms. The minimum atomic E-state index is -4.61. The molecule has 0 aliphatic heterocycles. The molecule has 2 saturated carbocycles. The highest BCUT2D eigenvalue weighted by Gasteiger charge is 2.35. The lowest BCUT2D eigenvalue weighted by Crippen LogP contribution is -2.20. The van der Waals surface area contributed by atoms with Crippen LogP contribution in [0.1, 0.15) is 74.8 Å². The standard InChI is InChI=1S/C28H31F3N4O/c29-28(30,31)23-18-32-27(33-21-16-14-20(15-17-21)19-8-4-5-9-19)35-26(23)34-24-12-6-7-13-25(24)36-22-10-2-1-3-11-22/h6-7,12-19,22H,1-5,8-11H2,(H2,32,33,34,35). The zero-order chi connectivity index (χ0) is 25.0. The molecule has 0 unspecified atom stereocenters. The first-order valence-electron chi connectivity index (χ1n) is 12.8. The van der Waals surface area contributed by atoms with Crippen molar-refractivity contribution in [3.63, 3.8) is 0 Å². The van der Waals surface area contributed by atoms with Gasteiger partial charge in [-0.3, -0.25) is 0 Å². The molecule has 1 aromatic heterocycles. The summed E-state index contributed by atoms with van der Waals surface area (Å²) in [7, 11) is 0. The maximum atomic E-state index is 13.8. The third-order valence-corrected chi connectivity index (χ3v) is 7.07. The van der Waals surface area contributed by atoms with Gasteiger partial charge in [0.1, 0.15) is 17.1 Å². The molecule has 2 fully saturated rings. The van der Waals surface area contributed by atoms with E-state index in [0.29, 0.717) is 17.4 Å². The molecular formula is C28H31F3N4O. The Morgan fingerprint density at radius 2 is 1.50 bits per heavy atom. The van der Waals surface area contributed by atoms with E-state index in [0.717, 1.165) is 37.6 Å². The van der Waals surface area contributed by atoms with E-state index in [1.54, 1.807) is 18.2 Å². The van der Waals surface area contributed by atoms with Crippen molar-refractivity contribution < 1.29 is 17.9 Å². The number of anilines is 4. The van der Waals surface area contributed by atoms with Crippen LogP contribution in [0.25, 0.3) is 0 Å². The van der Waals surface area contributed by atoms with Crippen LogP contribution in [0.2, 0.25) is 0 Å². The molecule has 0 saturated heterocycles. The van der Waals surface area contributed by atoms with Crippen molar-refractivity contribution in [2.45, 2.75) is 76.0 Å². The molecule has 2 aliphatic carbocycles. The zero-order valence-corrected chi connectivity index (χ0v) is 20.2. The molecule has 0 amide bonds. The number of nitrogens with one attached hydrogen (secondary N) is 2. The zero-order valence-electron chi connectivity index (χ0n) is 20.2. The number of alkyl halides is 3. The van der Waals surface area contributed by atoms with Gasteiger partial charge < -0.3 is 15.4 Å². The van der Waals surface area contributed by atoms with Crippen molar-refractivity contribution in [1.82, 2.24) is 9.97 Å². The monoisotopic (exact) mass is 496 g/mol. The average molecular weight is 497 g/mol. The van der Waals surface area contributed by atoms with E-state index in [4.69, 9.17) is 4.74 Å². The predicted octanol–water partition coefficient (Wildman–Crippen LogP) is 8.35. The number of para-hydroxylation sites is 2. The maximum Gasteiger partial charge on any atom is 0.421 e. The summed E-state index contributed by atoms with van der Waals surface area (Å²) < 4.78 is 47.6. The van der Waals surface area contributed by atoms with E-state index in [1.807, 2.05) is 18.2 Å². The van der Waals surface area contributed by atoms with E-state index < -0.39 is 11.7 Å². The van der Waals surface area contributed by atoms with Gasteiger partial charge in [0.2, 0.25) is 5.95 Å². The van der Waals surface area contributed by atoms with Crippen LogP contribution in [0.4, 0.5) is 36.3 Å². The fourth-order valence-corrected chi connectivity index (χ4v) is 5.13. The summed E-state index contributed by atoms with van der Waals surface area (Å²) >= 11 is 0. The number of aromatic nitrogens is 2. The number of nitrogens with zero attached hydrogens (tertiary/aromatic N) is 2. The van der Waals surface area contributed by atoms with Crippen molar-refractivity contribution in [3.8, 4) is 5.75 Å². The van der Waals surface area contributed by atoms with Crippen LogP contribution in [-0.2, 0) is 6.18 Å². The number of rotatable bonds is 7. The summed E-state index contributed by atoms with van der Waals surface area (Å²) in [5.74, 6) is 0.883. The summed E-state index contributed by atoms with van der Waals surface area (Å²) in [6.07, 6.45) is 6.48. The fraction of sp³-hybridized carbons (Fsp3) is 0.429. The van der Waals surface area contributed by atoms with Gasteiger partial charge in [-0.2, -0.15) is 18.2 Å². The van der Waals surface area contributed by atoms with Crippen molar-refractivity contribution in [2.75, 3.05) is 10.6 Å². The van der Waals surface area contributed by atoms with E-state index in [9.17, 15) is 13.2 Å². The summed E-state index contributed by atoms with van der Waals surface area (Å²) in [6, 6.07) is 15.0. The van der Waals surface area contributed by atoms with Crippen LogP contribution >= 0.6 is 0 Å². The molecule has 0 atom stereocenters. The normalized spacial score (nSPS) is 17.2. The van der Waals surface area contributed by atoms with Gasteiger partial charge in [-0.05, 0) is 74.3 Å². The molecule has 0 bridgehead atoms. The number of hydrogen-bond acceptors (Lipinski definition) is 5. The van der Waals surface area contributed by atoms with Gasteiger partial charge in [-0.25, -0.2) is 4.98 Å². The maximum absolute atomic E-state index is 13.8. The fourth-order valence-electron chi connectivity index (χ4n) is 5.13. The summed E-state index contributed by atoms with van der Waals surface area (Å²) in [5, 5.41) is 5.92. The smallest absolute Gasteiger partial charge is 0.421 e. The minimum absolute atomic E-state index is 0.0682. The van der Waals surface area contributed by atoms with Gasteiger partial charge in [0.05, 0.1) is 11.8 Å². The highest BCUT2D eigenvalue weighted by atomic mass is 19.4. The Morgan fingerprint density at radius 3 is 2.22 bits per heavy atom. The van der Waals surface area contributed by atoms with Gasteiger partial charge in [0, 0.05) is 11.9 Å². The Balaban J connectivity index is 1.37. The molecular weight excluding hydrogens is 465 g/mol. The van der Waals surface area contributed by atoms with E-state index >= 15 is 0 Å². The van der Waals surface area contributed by atoms with Crippen molar-refractivity contribution in [2.24, 2.45) is 0 Å². The highest BCUT2D eigenvalue weighted by Crippen LogP contribution is 2.38. The average Bonchev–Trinajstić information content (AvgIpc) is 3.41. The van der Waals surface area contributed by atoms with Crippen LogP contribution in [0.15, 0.2) is 54.7 Å². The lowest BCUT2D eigenvalue weighted by molar-refractivity contribution is -0.137. The van der Waals surface area contributed by atoms with Crippen LogP contribution < -0.4 is 15.4 Å². The minimum Gasteiger partial charge on any atom is -0.488 e. The van der Waals surface area contributed by atoms with Crippen LogP contribution in [0.5, 0.6) is 5.75 Å². The Labute approximate surface area is 209 Å². The van der Waals surface area contributed by atoms with Gasteiger partial charge >= 0.3 is 6.18 Å². The third kappa shape index (κ3) is 5.91. The molecule has 5 nitrogen and oxygen atoms in total. The molecule has 0 radical (unpaired) electrons. The molecule has 3 aromatic rings. The van der Waals surface area contributed by atoms with Crippen molar-refractivity contribution in [1.29, 1.82) is 0 Å². The highest BCUT2D eigenvalue weighted by molar-refractivity contribution is 5.67. The van der Waals surface area contributed by atoms with Crippen molar-refractivity contribution >= 4 is 23.1 Å². The molecule has 0 spiro atoms. The Hall–Kier alpha value is -3.29. The molecule has 2 aliphatic rings. The summed E-state index contributed by atoms with van der Waals surface area (Å²) in [6.45, 7) is 0. The third-order valence-electron chi connectivity index (χ3n) is 7.07. The predicted molar refractivity (Wildman–Crippen MR) is 135 cm³/mol. The Kier molecular flexibility index (Phi) is 7.30. The van der Waals surface area contributed by atoms with E-state index in [-0.39, 0.29) is 17.9 Å². The Morgan fingerprint density at radius 1 is 0.806 bits per heavy atom. The van der Waals surface area contributed by atoms with E-state index in [1.165, 1.54) is 37.7 Å². The molecule has 2 N–H and O–H groups in total. The van der Waals surface area contributed by atoms with Crippen LogP contribution in [0, 0.1) is 0 Å². The van der Waals surface area contributed by atoms with Gasteiger partial charge in [-0.1, -0.05) is 43.5 Å². The number of hydrogen-bond donors (Lipinski definition) is 2. The second-order valence-electron chi connectivity index (χ2n) is 9.68. The first kappa shape index (κ1) is 24.4. The van der Waals surface area contributed by atoms with Crippen molar-refractivity contribution in [3.05, 3.63) is 65.9 Å². The largest absolute Gasteiger partial charge is 0.488 e.